The fourth-order valence-corrected chi connectivity index (χ4v) is 4.77. The van der Waals surface area contributed by atoms with Gasteiger partial charge in [-0.05, 0) is 34.0 Å². The fraction of sp³-hybridized carbons (Fsp3) is 0.600. The van der Waals surface area contributed by atoms with E-state index in [-0.39, 0.29) is 0 Å². The van der Waals surface area contributed by atoms with Crippen LogP contribution in [0.5, 0.6) is 0 Å². The van der Waals surface area contributed by atoms with Gasteiger partial charge in [0.1, 0.15) is 4.21 Å². The van der Waals surface area contributed by atoms with Gasteiger partial charge in [-0.1, -0.05) is 20.3 Å². The number of sulfonamides is 1. The summed E-state index contributed by atoms with van der Waals surface area (Å²) >= 11 is 4.52. The molecule has 92 valence electrons. The van der Waals surface area contributed by atoms with Crippen molar-refractivity contribution in [3.8, 4) is 0 Å². The number of hydrogen-bond donors (Lipinski definition) is 0. The molecule has 1 aromatic rings. The van der Waals surface area contributed by atoms with Gasteiger partial charge in [0.2, 0.25) is 0 Å². The minimum atomic E-state index is -3.30. The Labute approximate surface area is 110 Å². The number of nitrogens with zero attached hydrogens (tertiary/aromatic N) is 1. The average molecular weight is 326 g/mol. The van der Waals surface area contributed by atoms with E-state index in [0.29, 0.717) is 16.7 Å². The summed E-state index contributed by atoms with van der Waals surface area (Å²) < 4.78 is 26.9. The van der Waals surface area contributed by atoms with E-state index in [4.69, 9.17) is 0 Å². The van der Waals surface area contributed by atoms with Gasteiger partial charge in [-0.2, -0.15) is 4.31 Å². The number of thiophene rings is 1. The minimum Gasteiger partial charge on any atom is -0.206 e. The van der Waals surface area contributed by atoms with Gasteiger partial charge < -0.3 is 0 Å². The van der Waals surface area contributed by atoms with Gasteiger partial charge in [0, 0.05) is 13.6 Å². The van der Waals surface area contributed by atoms with Crippen LogP contribution >= 0.6 is 27.3 Å². The Kier molecular flexibility index (Phi) is 4.97. The predicted octanol–water partition coefficient (Wildman–Crippen LogP) is 3.18. The van der Waals surface area contributed by atoms with Crippen LogP contribution in [0.3, 0.4) is 0 Å². The molecule has 0 aliphatic rings. The van der Waals surface area contributed by atoms with E-state index in [2.05, 4.69) is 29.8 Å². The molecule has 1 heterocycles. The van der Waals surface area contributed by atoms with Crippen molar-refractivity contribution in [2.24, 2.45) is 5.92 Å². The van der Waals surface area contributed by atoms with E-state index in [1.165, 1.54) is 15.6 Å². The van der Waals surface area contributed by atoms with Crippen LogP contribution in [-0.2, 0) is 10.0 Å². The molecule has 0 bridgehead atoms. The monoisotopic (exact) mass is 325 g/mol. The van der Waals surface area contributed by atoms with Gasteiger partial charge in [0.05, 0.1) is 3.79 Å². The summed E-state index contributed by atoms with van der Waals surface area (Å²) in [6.45, 7) is 4.68. The molecule has 0 saturated carbocycles. The molecule has 1 unspecified atom stereocenters. The highest BCUT2D eigenvalue weighted by molar-refractivity contribution is 9.11. The predicted molar refractivity (Wildman–Crippen MR) is 71.3 cm³/mol. The lowest BCUT2D eigenvalue weighted by Gasteiger charge is -2.19. The molecule has 0 amide bonds. The highest BCUT2D eigenvalue weighted by Crippen LogP contribution is 2.28. The molecular weight excluding hydrogens is 310 g/mol. The topological polar surface area (TPSA) is 37.4 Å². The summed E-state index contributed by atoms with van der Waals surface area (Å²) in [5.41, 5.74) is 0. The fourth-order valence-electron chi connectivity index (χ4n) is 1.26. The van der Waals surface area contributed by atoms with Gasteiger partial charge in [-0.25, -0.2) is 8.42 Å². The maximum Gasteiger partial charge on any atom is 0.252 e. The van der Waals surface area contributed by atoms with Crippen molar-refractivity contribution in [3.05, 3.63) is 15.9 Å². The van der Waals surface area contributed by atoms with Crippen molar-refractivity contribution < 1.29 is 8.42 Å². The maximum absolute atomic E-state index is 12.1. The number of hydrogen-bond acceptors (Lipinski definition) is 3. The second-order valence-corrected chi connectivity index (χ2v) is 8.59. The van der Waals surface area contributed by atoms with Crippen LogP contribution in [0.2, 0.25) is 0 Å². The lowest BCUT2D eigenvalue weighted by atomic mass is 10.1. The molecule has 1 aromatic heterocycles. The Balaban J connectivity index is 2.86. The summed E-state index contributed by atoms with van der Waals surface area (Å²) in [4.78, 5) is 0. The van der Waals surface area contributed by atoms with Crippen molar-refractivity contribution >= 4 is 37.3 Å². The highest BCUT2D eigenvalue weighted by Gasteiger charge is 2.23. The smallest absolute Gasteiger partial charge is 0.206 e. The second-order valence-electron chi connectivity index (χ2n) is 3.86. The van der Waals surface area contributed by atoms with Crippen molar-refractivity contribution in [2.45, 2.75) is 24.5 Å². The third-order valence-electron chi connectivity index (χ3n) is 2.48. The maximum atomic E-state index is 12.1. The summed E-state index contributed by atoms with van der Waals surface area (Å²) in [6, 6.07) is 3.39. The van der Waals surface area contributed by atoms with E-state index in [1.54, 1.807) is 19.2 Å². The van der Waals surface area contributed by atoms with Crippen molar-refractivity contribution in [2.75, 3.05) is 13.6 Å². The molecule has 3 nitrogen and oxygen atoms in total. The Morgan fingerprint density at radius 3 is 2.56 bits per heavy atom. The Morgan fingerprint density at radius 2 is 2.12 bits per heavy atom. The highest BCUT2D eigenvalue weighted by atomic mass is 79.9. The van der Waals surface area contributed by atoms with E-state index in [1.807, 2.05) is 0 Å². The lowest BCUT2D eigenvalue weighted by Crippen LogP contribution is -2.30. The molecule has 0 saturated heterocycles. The summed E-state index contributed by atoms with van der Waals surface area (Å²) in [7, 11) is -1.67. The first kappa shape index (κ1) is 14.2. The minimum absolute atomic E-state index is 0.378. The molecule has 0 aliphatic heterocycles. The average Bonchev–Trinajstić information content (AvgIpc) is 2.65. The summed E-state index contributed by atoms with van der Waals surface area (Å²) in [6.07, 6.45) is 0.980. The van der Waals surface area contributed by atoms with Gasteiger partial charge in [-0.3, -0.25) is 0 Å². The van der Waals surface area contributed by atoms with E-state index in [9.17, 15) is 8.42 Å². The second kappa shape index (κ2) is 5.62. The SMILES string of the molecule is CCC(C)CN(C)S(=O)(=O)c1ccc(Br)s1. The normalized spacial score (nSPS) is 14.3. The zero-order valence-electron chi connectivity index (χ0n) is 9.60. The van der Waals surface area contributed by atoms with E-state index < -0.39 is 10.0 Å². The van der Waals surface area contributed by atoms with Gasteiger partial charge in [0.25, 0.3) is 10.0 Å². The summed E-state index contributed by atoms with van der Waals surface area (Å²) in [5, 5.41) is 0. The number of rotatable bonds is 5. The molecule has 0 radical (unpaired) electrons. The van der Waals surface area contributed by atoms with Crippen molar-refractivity contribution in [3.63, 3.8) is 0 Å². The third-order valence-corrected chi connectivity index (χ3v) is 6.39. The largest absolute Gasteiger partial charge is 0.252 e. The van der Waals surface area contributed by atoms with Crippen LogP contribution in [0.15, 0.2) is 20.1 Å². The lowest BCUT2D eigenvalue weighted by molar-refractivity contribution is 0.394. The molecule has 6 heteroatoms. The van der Waals surface area contributed by atoms with Crippen LogP contribution in [0.1, 0.15) is 20.3 Å². The van der Waals surface area contributed by atoms with Crippen LogP contribution in [0.4, 0.5) is 0 Å². The van der Waals surface area contributed by atoms with Crippen LogP contribution in [0, 0.1) is 5.92 Å². The first-order chi connectivity index (χ1) is 7.37. The molecule has 1 atom stereocenters. The molecule has 0 aliphatic carbocycles. The van der Waals surface area contributed by atoms with Crippen molar-refractivity contribution in [1.82, 2.24) is 4.31 Å². The van der Waals surface area contributed by atoms with Gasteiger partial charge >= 0.3 is 0 Å². The van der Waals surface area contributed by atoms with E-state index in [0.717, 1.165) is 10.2 Å². The molecule has 0 aromatic carbocycles. The standard InChI is InChI=1S/C10H16BrNO2S2/c1-4-8(2)7-12(3)16(13,14)10-6-5-9(11)15-10/h5-6,8H,4,7H2,1-3H3. The van der Waals surface area contributed by atoms with Gasteiger partial charge in [-0.15, -0.1) is 11.3 Å². The van der Waals surface area contributed by atoms with Crippen LogP contribution < -0.4 is 0 Å². The molecule has 0 fully saturated rings. The third kappa shape index (κ3) is 3.29. The zero-order chi connectivity index (χ0) is 12.3. The first-order valence-corrected chi connectivity index (χ1v) is 8.14. The first-order valence-electron chi connectivity index (χ1n) is 5.09. The van der Waals surface area contributed by atoms with Crippen LogP contribution in [-0.4, -0.2) is 26.3 Å². The Hall–Kier alpha value is 0.0900. The zero-order valence-corrected chi connectivity index (χ0v) is 12.8. The molecular formula is C10H16BrNO2S2. The van der Waals surface area contributed by atoms with E-state index >= 15 is 0 Å². The van der Waals surface area contributed by atoms with Crippen molar-refractivity contribution in [1.29, 1.82) is 0 Å². The Morgan fingerprint density at radius 1 is 1.50 bits per heavy atom. The quantitative estimate of drug-likeness (QED) is 0.833. The van der Waals surface area contributed by atoms with Crippen LogP contribution in [0.25, 0.3) is 0 Å². The van der Waals surface area contributed by atoms with Gasteiger partial charge in [0.15, 0.2) is 0 Å². The number of halogens is 1. The molecule has 16 heavy (non-hydrogen) atoms. The molecule has 1 rings (SSSR count). The summed E-state index contributed by atoms with van der Waals surface area (Å²) in [5.74, 6) is 0.378. The molecule has 0 N–H and O–H groups in total. The molecule has 0 spiro atoms. The Bertz CT molecular complexity index is 441.